The molecule has 2 aromatic heterocycles. The summed E-state index contributed by atoms with van der Waals surface area (Å²) >= 11 is 7.94. The van der Waals surface area contributed by atoms with E-state index < -0.39 is 11.6 Å². The fourth-order valence-electron chi connectivity index (χ4n) is 4.89. The van der Waals surface area contributed by atoms with Gasteiger partial charge in [0.05, 0.1) is 17.6 Å². The van der Waals surface area contributed by atoms with E-state index in [0.29, 0.717) is 27.5 Å². The van der Waals surface area contributed by atoms with E-state index in [0.717, 1.165) is 40.3 Å². The van der Waals surface area contributed by atoms with Crippen LogP contribution in [0.4, 0.5) is 4.79 Å². The summed E-state index contributed by atoms with van der Waals surface area (Å²) in [5.41, 5.74) is 2.72. The van der Waals surface area contributed by atoms with Gasteiger partial charge in [0.25, 0.3) is 5.56 Å². The van der Waals surface area contributed by atoms with Gasteiger partial charge in [0, 0.05) is 39.9 Å². The average molecular weight is 511 g/mol. The summed E-state index contributed by atoms with van der Waals surface area (Å²) in [6.45, 7) is 6.24. The van der Waals surface area contributed by atoms with Crippen LogP contribution in [0.3, 0.4) is 0 Å². The molecule has 0 radical (unpaired) electrons. The lowest BCUT2D eigenvalue weighted by Crippen LogP contribution is -2.48. The molecule has 2 N–H and O–H groups in total. The molecule has 0 spiro atoms. The summed E-state index contributed by atoms with van der Waals surface area (Å²) in [5.74, 6) is 0.626. The van der Waals surface area contributed by atoms with Crippen molar-refractivity contribution in [2.45, 2.75) is 44.6 Å². The number of hydrogen-bond acceptors (Lipinski definition) is 4. The van der Waals surface area contributed by atoms with Crippen molar-refractivity contribution in [1.82, 2.24) is 9.88 Å². The third kappa shape index (κ3) is 3.96. The lowest BCUT2D eigenvalue weighted by molar-refractivity contribution is 0.0934. The third-order valence-electron chi connectivity index (χ3n) is 6.98. The number of hydrogen-bond donors (Lipinski definition) is 2. The molecule has 35 heavy (non-hydrogen) atoms. The first kappa shape index (κ1) is 23.7. The molecule has 1 aliphatic carbocycles. The molecule has 4 aromatic rings. The first-order valence-electron chi connectivity index (χ1n) is 11.5. The van der Waals surface area contributed by atoms with E-state index in [1.54, 1.807) is 13.2 Å². The van der Waals surface area contributed by atoms with E-state index in [1.807, 2.05) is 44.4 Å². The van der Waals surface area contributed by atoms with E-state index in [9.17, 15) is 14.7 Å². The van der Waals surface area contributed by atoms with Gasteiger partial charge in [0.1, 0.15) is 10.4 Å². The van der Waals surface area contributed by atoms with Gasteiger partial charge < -0.3 is 19.7 Å². The number of rotatable bonds is 5. The van der Waals surface area contributed by atoms with Gasteiger partial charge in [-0.3, -0.25) is 4.79 Å². The van der Waals surface area contributed by atoms with Crippen LogP contribution in [0.15, 0.2) is 46.6 Å². The minimum atomic E-state index is -0.897. The lowest BCUT2D eigenvalue weighted by Gasteiger charge is -2.36. The highest BCUT2D eigenvalue weighted by atomic mass is 35.5. The predicted molar refractivity (Wildman–Crippen MR) is 142 cm³/mol. The Morgan fingerprint density at radius 1 is 1.23 bits per heavy atom. The molecule has 0 atom stereocenters. The van der Waals surface area contributed by atoms with Crippen molar-refractivity contribution in [1.29, 1.82) is 0 Å². The van der Waals surface area contributed by atoms with E-state index in [2.05, 4.69) is 17.1 Å². The smallest absolute Gasteiger partial charge is 0.407 e. The zero-order valence-electron chi connectivity index (χ0n) is 20.1. The fraction of sp³-hybridized carbons (Fsp3) is 0.333. The molecule has 0 unspecified atom stereocenters. The Hall–Kier alpha value is -3.03. The first-order valence-corrected chi connectivity index (χ1v) is 12.7. The topological polar surface area (TPSA) is 82.6 Å². The molecule has 8 heteroatoms. The summed E-state index contributed by atoms with van der Waals surface area (Å²) in [7, 11) is 1.61. The van der Waals surface area contributed by atoms with Gasteiger partial charge in [-0.15, -0.1) is 11.3 Å². The maximum absolute atomic E-state index is 12.6. The molecule has 1 fully saturated rings. The highest BCUT2D eigenvalue weighted by Crippen LogP contribution is 2.50. The van der Waals surface area contributed by atoms with Crippen LogP contribution in [0.1, 0.15) is 39.2 Å². The van der Waals surface area contributed by atoms with E-state index >= 15 is 0 Å². The number of aromatic amines is 1. The van der Waals surface area contributed by atoms with Gasteiger partial charge in [0.2, 0.25) is 0 Å². The van der Waals surface area contributed by atoms with Crippen molar-refractivity contribution < 1.29 is 14.6 Å². The quantitative estimate of drug-likeness (QED) is 0.306. The van der Waals surface area contributed by atoms with Crippen LogP contribution in [-0.4, -0.2) is 40.3 Å². The number of pyridine rings is 1. The maximum Gasteiger partial charge on any atom is 0.407 e. The molecule has 0 aliphatic heterocycles. The Labute approximate surface area is 212 Å². The number of H-pyrrole nitrogens is 1. The molecule has 5 rings (SSSR count). The van der Waals surface area contributed by atoms with E-state index in [-0.39, 0.29) is 11.0 Å². The number of aromatic nitrogens is 1. The molecule has 182 valence electrons. The van der Waals surface area contributed by atoms with Crippen LogP contribution in [0.2, 0.25) is 5.02 Å². The SMILES string of the molecule is COc1cc(Cl)c2[nH]c(=O)c3sccc3c2c1-c1ccc(C2(CN(C(=O)O)C(C)(C)C)CC2)cc1. The van der Waals surface area contributed by atoms with Crippen molar-refractivity contribution >= 4 is 50.0 Å². The number of fused-ring (bicyclic) bond motifs is 3. The Balaban J connectivity index is 1.62. The Bertz CT molecular complexity index is 1510. The molecular formula is C27H27ClN2O4S. The Morgan fingerprint density at radius 2 is 1.91 bits per heavy atom. The molecule has 2 heterocycles. The van der Waals surface area contributed by atoms with Crippen LogP contribution in [-0.2, 0) is 5.41 Å². The van der Waals surface area contributed by atoms with Gasteiger partial charge in [0.15, 0.2) is 0 Å². The third-order valence-corrected chi connectivity index (χ3v) is 8.19. The maximum atomic E-state index is 12.6. The van der Waals surface area contributed by atoms with Crippen molar-refractivity contribution in [3.05, 3.63) is 62.7 Å². The van der Waals surface area contributed by atoms with Crippen LogP contribution in [0.5, 0.6) is 5.75 Å². The minimum Gasteiger partial charge on any atom is -0.496 e. The summed E-state index contributed by atoms with van der Waals surface area (Å²) in [4.78, 5) is 29.0. The highest BCUT2D eigenvalue weighted by molar-refractivity contribution is 7.17. The van der Waals surface area contributed by atoms with Crippen LogP contribution in [0.25, 0.3) is 32.1 Å². The van der Waals surface area contributed by atoms with Gasteiger partial charge in [-0.1, -0.05) is 35.9 Å². The number of nitrogens with zero attached hydrogens (tertiary/aromatic N) is 1. The summed E-state index contributed by atoms with van der Waals surface area (Å²) in [5, 5.41) is 13.8. The highest BCUT2D eigenvalue weighted by Gasteiger charge is 2.48. The van der Waals surface area contributed by atoms with E-state index in [4.69, 9.17) is 16.3 Å². The fourth-order valence-corrected chi connectivity index (χ4v) is 5.93. The molecule has 1 aliphatic rings. The molecule has 1 amide bonds. The summed E-state index contributed by atoms with van der Waals surface area (Å²) in [6.07, 6.45) is 1.01. The number of amides is 1. The Morgan fingerprint density at radius 3 is 2.49 bits per heavy atom. The summed E-state index contributed by atoms with van der Waals surface area (Å²) in [6, 6.07) is 11.9. The van der Waals surface area contributed by atoms with Crippen LogP contribution in [0, 0.1) is 0 Å². The molecule has 0 saturated heterocycles. The number of carboxylic acid groups (broad SMARTS) is 1. The van der Waals surface area contributed by atoms with Gasteiger partial charge in [-0.2, -0.15) is 0 Å². The van der Waals surface area contributed by atoms with E-state index in [1.165, 1.54) is 16.2 Å². The van der Waals surface area contributed by atoms with Crippen molar-refractivity contribution in [2.24, 2.45) is 0 Å². The number of thiophene rings is 1. The number of methoxy groups -OCH3 is 1. The number of nitrogens with one attached hydrogen (secondary N) is 1. The molecular weight excluding hydrogens is 484 g/mol. The molecule has 0 bridgehead atoms. The van der Waals surface area contributed by atoms with Gasteiger partial charge >= 0.3 is 6.09 Å². The van der Waals surface area contributed by atoms with Gasteiger partial charge in [-0.05, 0) is 56.2 Å². The second-order valence-corrected chi connectivity index (χ2v) is 11.5. The predicted octanol–water partition coefficient (Wildman–Crippen LogP) is 6.88. The normalized spacial score (nSPS) is 14.9. The van der Waals surface area contributed by atoms with Crippen molar-refractivity contribution in [3.8, 4) is 16.9 Å². The molecule has 2 aromatic carbocycles. The zero-order chi connectivity index (χ0) is 25.1. The molecule has 6 nitrogen and oxygen atoms in total. The standard InChI is InChI=1S/C27H27ClN2O4S/c1-26(2,3)30(25(32)33)14-27(10-11-27)16-7-5-15(6-8-16)20-19(34-4)13-18(28)22-21(20)17-9-12-35-23(17)24(31)29-22/h5-9,12-13H,10-11,14H2,1-4H3,(H,29,31)(H,32,33). The average Bonchev–Trinajstić information content (AvgIpc) is 3.42. The minimum absolute atomic E-state index is 0.159. The second kappa shape index (κ2) is 8.28. The van der Waals surface area contributed by atoms with Crippen LogP contribution >= 0.6 is 22.9 Å². The number of carbonyl (C=O) groups is 1. The number of benzene rings is 2. The van der Waals surface area contributed by atoms with Crippen molar-refractivity contribution in [2.75, 3.05) is 13.7 Å². The molecule has 1 saturated carbocycles. The van der Waals surface area contributed by atoms with Crippen molar-refractivity contribution in [3.63, 3.8) is 0 Å². The lowest BCUT2D eigenvalue weighted by atomic mass is 9.90. The zero-order valence-corrected chi connectivity index (χ0v) is 21.6. The van der Waals surface area contributed by atoms with Gasteiger partial charge in [-0.25, -0.2) is 4.79 Å². The second-order valence-electron chi connectivity index (χ2n) is 10.2. The Kier molecular flexibility index (Phi) is 5.61. The monoisotopic (exact) mass is 510 g/mol. The number of ether oxygens (including phenoxy) is 1. The first-order chi connectivity index (χ1) is 16.6. The number of halogens is 1. The summed E-state index contributed by atoms with van der Waals surface area (Å²) < 4.78 is 6.37. The van der Waals surface area contributed by atoms with Crippen LogP contribution < -0.4 is 10.3 Å². The largest absolute Gasteiger partial charge is 0.496 e.